The average Bonchev–Trinajstić information content (AvgIpc) is 3.43. The first kappa shape index (κ1) is 22.8. The van der Waals surface area contributed by atoms with Gasteiger partial charge in [-0.1, -0.05) is 6.07 Å². The highest BCUT2D eigenvalue weighted by molar-refractivity contribution is 5.85. The van der Waals surface area contributed by atoms with Crippen LogP contribution >= 0.6 is 0 Å². The van der Waals surface area contributed by atoms with Gasteiger partial charge in [0.2, 0.25) is 0 Å². The molecule has 0 bridgehead atoms. The highest BCUT2D eigenvalue weighted by atomic mass is 16.6. The molecule has 3 unspecified atom stereocenters. The Labute approximate surface area is 200 Å². The summed E-state index contributed by atoms with van der Waals surface area (Å²) in [7, 11) is 1.43. The number of rotatable bonds is 6. The molecule has 1 amide bonds. The number of aromatic nitrogens is 6. The van der Waals surface area contributed by atoms with Crippen LogP contribution < -0.4 is 10.6 Å². The zero-order chi connectivity index (χ0) is 24.5. The molecular formula is C23H24N8O4. The molecule has 0 aliphatic carbocycles. The number of ether oxygens (including phenoxy) is 1. The van der Waals surface area contributed by atoms with Gasteiger partial charge in [0, 0.05) is 30.7 Å². The number of aryl methyl sites for hydroxylation is 1. The second-order valence-electron chi connectivity index (χ2n) is 8.13. The molecule has 5 heterocycles. The number of aliphatic hydroxyl groups excluding tert-OH is 2. The van der Waals surface area contributed by atoms with Crippen LogP contribution in [-0.4, -0.2) is 71.0 Å². The van der Waals surface area contributed by atoms with Crippen molar-refractivity contribution in [1.82, 2.24) is 34.8 Å². The lowest BCUT2D eigenvalue weighted by Gasteiger charge is -2.17. The molecule has 35 heavy (non-hydrogen) atoms. The van der Waals surface area contributed by atoms with Crippen molar-refractivity contribution in [3.63, 3.8) is 0 Å². The molecule has 4 N–H and O–H groups in total. The van der Waals surface area contributed by atoms with Crippen molar-refractivity contribution in [1.29, 1.82) is 0 Å². The Morgan fingerprint density at radius 3 is 2.74 bits per heavy atom. The topological polar surface area (TPSA) is 160 Å². The smallest absolute Gasteiger partial charge is 0.251 e. The lowest BCUT2D eigenvalue weighted by atomic mass is 10.1. The van der Waals surface area contributed by atoms with E-state index in [1.807, 2.05) is 31.2 Å². The summed E-state index contributed by atoms with van der Waals surface area (Å²) in [6.07, 6.45) is -0.378. The maximum absolute atomic E-state index is 12.1. The molecule has 1 aliphatic heterocycles. The molecule has 0 saturated carbocycles. The zero-order valence-electron chi connectivity index (χ0n) is 19.0. The van der Waals surface area contributed by atoms with Crippen LogP contribution in [0.5, 0.6) is 0 Å². The van der Waals surface area contributed by atoms with Gasteiger partial charge in [-0.15, -0.1) is 0 Å². The van der Waals surface area contributed by atoms with Crippen LogP contribution in [0.15, 0.2) is 49.1 Å². The molecule has 1 aliphatic rings. The third kappa shape index (κ3) is 4.30. The van der Waals surface area contributed by atoms with Crippen LogP contribution in [0, 0.1) is 6.92 Å². The van der Waals surface area contributed by atoms with Gasteiger partial charge in [-0.05, 0) is 31.2 Å². The number of imidazole rings is 1. The fourth-order valence-electron chi connectivity index (χ4n) is 3.97. The van der Waals surface area contributed by atoms with E-state index in [0.717, 1.165) is 11.4 Å². The summed E-state index contributed by atoms with van der Waals surface area (Å²) in [6, 6.07) is 9.35. The third-order valence-electron chi connectivity index (χ3n) is 5.74. The van der Waals surface area contributed by atoms with E-state index < -0.39 is 30.4 Å². The second kappa shape index (κ2) is 9.33. The minimum absolute atomic E-state index is 0.354. The summed E-state index contributed by atoms with van der Waals surface area (Å²) in [5.74, 6) is 0.289. The number of nitrogens with one attached hydrogen (secondary N) is 2. The van der Waals surface area contributed by atoms with E-state index >= 15 is 0 Å². The Morgan fingerprint density at radius 1 is 1.14 bits per heavy atom. The standard InChI is InChI=1S/C23H24N8O4/c1-12-5-3-7-14(28-12)10-26-20-15-21(30-19(29-20)13-6-4-8-25-9-13)31(11-27-15)23-17(33)16(32)18(35-23)22(34)24-2/h3-9,11,16-18,23,32-33H,10H2,1-2H3,(H,24,34)(H,26,29,30)/t16?,17?,18-,23?/m1/s1. The van der Waals surface area contributed by atoms with Crippen molar-refractivity contribution in [2.24, 2.45) is 0 Å². The van der Waals surface area contributed by atoms with Gasteiger partial charge in [0.15, 0.2) is 35.1 Å². The van der Waals surface area contributed by atoms with Crippen molar-refractivity contribution in [2.75, 3.05) is 12.4 Å². The Balaban J connectivity index is 1.57. The molecule has 0 aromatic carbocycles. The molecule has 4 aromatic rings. The molecule has 4 atom stereocenters. The van der Waals surface area contributed by atoms with E-state index in [0.29, 0.717) is 34.9 Å². The van der Waals surface area contributed by atoms with Gasteiger partial charge in [-0.3, -0.25) is 19.3 Å². The molecule has 12 nitrogen and oxygen atoms in total. The summed E-state index contributed by atoms with van der Waals surface area (Å²) in [5.41, 5.74) is 3.18. The summed E-state index contributed by atoms with van der Waals surface area (Å²) in [6.45, 7) is 2.31. The fraction of sp³-hybridized carbons (Fsp3) is 0.304. The lowest BCUT2D eigenvalue weighted by molar-refractivity contribution is -0.137. The number of nitrogens with zero attached hydrogens (tertiary/aromatic N) is 6. The van der Waals surface area contributed by atoms with Crippen LogP contribution in [0.2, 0.25) is 0 Å². The highest BCUT2D eigenvalue weighted by Crippen LogP contribution is 2.33. The van der Waals surface area contributed by atoms with Gasteiger partial charge in [-0.25, -0.2) is 15.0 Å². The van der Waals surface area contributed by atoms with Gasteiger partial charge in [0.05, 0.1) is 18.6 Å². The van der Waals surface area contributed by atoms with E-state index in [2.05, 4.69) is 35.6 Å². The van der Waals surface area contributed by atoms with Gasteiger partial charge in [-0.2, -0.15) is 0 Å². The second-order valence-corrected chi connectivity index (χ2v) is 8.13. The monoisotopic (exact) mass is 476 g/mol. The average molecular weight is 476 g/mol. The number of hydrogen-bond donors (Lipinski definition) is 4. The predicted molar refractivity (Wildman–Crippen MR) is 125 cm³/mol. The van der Waals surface area contributed by atoms with Crippen molar-refractivity contribution in [3.8, 4) is 11.4 Å². The van der Waals surface area contributed by atoms with Crippen molar-refractivity contribution in [2.45, 2.75) is 38.0 Å². The SMILES string of the molecule is CNC(=O)[C@@H]1OC(n2cnc3c(NCc4cccc(C)n4)nc(-c4cccnc4)nc32)C(O)C1O. The molecule has 0 spiro atoms. The van der Waals surface area contributed by atoms with Gasteiger partial charge in [0.1, 0.15) is 12.2 Å². The van der Waals surface area contributed by atoms with Crippen LogP contribution in [0.25, 0.3) is 22.6 Å². The Bertz CT molecular complexity index is 1360. The molecular weight excluding hydrogens is 452 g/mol. The Morgan fingerprint density at radius 2 is 2.00 bits per heavy atom. The maximum Gasteiger partial charge on any atom is 0.251 e. The van der Waals surface area contributed by atoms with E-state index in [1.54, 1.807) is 18.5 Å². The quantitative estimate of drug-likeness (QED) is 0.310. The number of aliphatic hydroxyl groups is 2. The molecule has 180 valence electrons. The van der Waals surface area contributed by atoms with E-state index in [1.165, 1.54) is 17.9 Å². The van der Waals surface area contributed by atoms with Crippen LogP contribution in [0.1, 0.15) is 17.6 Å². The summed E-state index contributed by atoms with van der Waals surface area (Å²) in [5, 5.41) is 26.7. The number of anilines is 1. The lowest BCUT2D eigenvalue weighted by Crippen LogP contribution is -2.41. The van der Waals surface area contributed by atoms with Gasteiger partial charge in [0.25, 0.3) is 5.91 Å². The number of carbonyl (C=O) groups is 1. The van der Waals surface area contributed by atoms with Gasteiger partial charge < -0.3 is 25.6 Å². The molecule has 0 radical (unpaired) electrons. The third-order valence-corrected chi connectivity index (χ3v) is 5.74. The Hall–Kier alpha value is -4.00. The Kier molecular flexibility index (Phi) is 6.07. The maximum atomic E-state index is 12.1. The van der Waals surface area contributed by atoms with Crippen molar-refractivity contribution in [3.05, 3.63) is 60.4 Å². The van der Waals surface area contributed by atoms with Crippen LogP contribution in [0.4, 0.5) is 5.82 Å². The number of amides is 1. The number of hydrogen-bond acceptors (Lipinski definition) is 10. The highest BCUT2D eigenvalue weighted by Gasteiger charge is 2.47. The van der Waals surface area contributed by atoms with Crippen LogP contribution in [-0.2, 0) is 16.1 Å². The van der Waals surface area contributed by atoms with Crippen molar-refractivity contribution < 1.29 is 19.7 Å². The molecule has 4 aromatic heterocycles. The summed E-state index contributed by atoms with van der Waals surface area (Å²) >= 11 is 0. The largest absolute Gasteiger partial charge is 0.387 e. The van der Waals surface area contributed by atoms with Crippen LogP contribution in [0.3, 0.4) is 0 Å². The zero-order valence-corrected chi connectivity index (χ0v) is 19.0. The molecule has 12 heteroatoms. The van der Waals surface area contributed by atoms with E-state index in [4.69, 9.17) is 4.74 Å². The van der Waals surface area contributed by atoms with E-state index in [9.17, 15) is 15.0 Å². The normalized spacial score (nSPS) is 21.8. The first-order chi connectivity index (χ1) is 17.0. The number of fused-ring (bicyclic) bond motifs is 1. The minimum atomic E-state index is -1.41. The van der Waals surface area contributed by atoms with E-state index in [-0.39, 0.29) is 0 Å². The number of pyridine rings is 2. The summed E-state index contributed by atoms with van der Waals surface area (Å²) < 4.78 is 7.22. The van der Waals surface area contributed by atoms with Gasteiger partial charge >= 0.3 is 0 Å². The molecule has 1 saturated heterocycles. The molecule has 1 fully saturated rings. The fourth-order valence-corrected chi connectivity index (χ4v) is 3.97. The number of likely N-dealkylation sites (N-methyl/N-ethyl adjacent to an activating group) is 1. The minimum Gasteiger partial charge on any atom is -0.387 e. The van der Waals surface area contributed by atoms with Crippen molar-refractivity contribution >= 4 is 22.9 Å². The predicted octanol–water partition coefficient (Wildman–Crippen LogP) is 0.569. The first-order valence-electron chi connectivity index (χ1n) is 11.0. The molecule has 5 rings (SSSR count). The first-order valence-corrected chi connectivity index (χ1v) is 11.0. The summed E-state index contributed by atoms with van der Waals surface area (Å²) in [4.78, 5) is 34.5. The number of carbonyl (C=O) groups excluding carboxylic acids is 1.